The summed E-state index contributed by atoms with van der Waals surface area (Å²) in [6, 6.07) is 4.65. The molecule has 1 heterocycles. The lowest BCUT2D eigenvalue weighted by molar-refractivity contribution is -0.136. The highest BCUT2D eigenvalue weighted by Crippen LogP contribution is 2.22. The number of benzene rings is 1. The Morgan fingerprint density at radius 3 is 2.82 bits per heavy atom. The van der Waals surface area contributed by atoms with Crippen molar-refractivity contribution in [2.75, 3.05) is 5.75 Å². The maximum absolute atomic E-state index is 11.9. The van der Waals surface area contributed by atoms with Crippen molar-refractivity contribution < 1.29 is 18.3 Å². The van der Waals surface area contributed by atoms with Crippen molar-refractivity contribution in [1.82, 2.24) is 8.75 Å². The molecule has 1 aromatic carbocycles. The molecule has 0 atom stereocenters. The summed E-state index contributed by atoms with van der Waals surface area (Å²) in [5.41, 5.74) is 0.814. The van der Waals surface area contributed by atoms with E-state index in [1.54, 1.807) is 12.1 Å². The van der Waals surface area contributed by atoms with Gasteiger partial charge in [0, 0.05) is 0 Å². The molecule has 2 rings (SSSR count). The van der Waals surface area contributed by atoms with Crippen LogP contribution in [0.5, 0.6) is 0 Å². The molecular weight excluding hydrogens is 264 g/mol. The molecule has 6 nitrogen and oxygen atoms in total. The fourth-order valence-electron chi connectivity index (χ4n) is 1.36. The lowest BCUT2D eigenvalue weighted by Gasteiger charge is -2.02. The summed E-state index contributed by atoms with van der Waals surface area (Å²) >= 11 is 0.927. The van der Waals surface area contributed by atoms with Gasteiger partial charge in [0.05, 0.1) is 28.8 Å². The SMILES string of the molecule is O=C(O)CCS(=O)(=O)c1cccc2nsnc12. The number of fused-ring (bicyclic) bond motifs is 1. The van der Waals surface area contributed by atoms with E-state index in [1.165, 1.54) is 6.07 Å². The highest BCUT2D eigenvalue weighted by molar-refractivity contribution is 7.91. The average molecular weight is 272 g/mol. The molecule has 0 aliphatic carbocycles. The van der Waals surface area contributed by atoms with Crippen LogP contribution in [0.15, 0.2) is 23.1 Å². The van der Waals surface area contributed by atoms with Crippen LogP contribution in [-0.2, 0) is 14.6 Å². The fraction of sp³-hybridized carbons (Fsp3) is 0.222. The minimum Gasteiger partial charge on any atom is -0.481 e. The van der Waals surface area contributed by atoms with E-state index in [1.807, 2.05) is 0 Å². The van der Waals surface area contributed by atoms with Gasteiger partial charge >= 0.3 is 5.97 Å². The Morgan fingerprint density at radius 1 is 1.35 bits per heavy atom. The van der Waals surface area contributed by atoms with Gasteiger partial charge in [0.1, 0.15) is 11.0 Å². The summed E-state index contributed by atoms with van der Waals surface area (Å²) in [5, 5.41) is 8.51. The van der Waals surface area contributed by atoms with E-state index in [9.17, 15) is 13.2 Å². The molecule has 8 heteroatoms. The molecule has 0 radical (unpaired) electrons. The van der Waals surface area contributed by atoms with Crippen molar-refractivity contribution in [2.24, 2.45) is 0 Å². The second-order valence-electron chi connectivity index (χ2n) is 3.35. The minimum absolute atomic E-state index is 0.0463. The van der Waals surface area contributed by atoms with Gasteiger partial charge in [0.2, 0.25) is 0 Å². The molecule has 0 fully saturated rings. The molecule has 17 heavy (non-hydrogen) atoms. The van der Waals surface area contributed by atoms with Crippen molar-refractivity contribution in [3.63, 3.8) is 0 Å². The largest absolute Gasteiger partial charge is 0.481 e. The first-order valence-corrected chi connectivity index (χ1v) is 7.05. The predicted molar refractivity (Wildman–Crippen MR) is 61.7 cm³/mol. The van der Waals surface area contributed by atoms with Crippen LogP contribution < -0.4 is 0 Å². The predicted octanol–water partition coefficient (Wildman–Crippen LogP) is 0.940. The topological polar surface area (TPSA) is 97.2 Å². The van der Waals surface area contributed by atoms with Gasteiger partial charge in [-0.1, -0.05) is 6.07 Å². The van der Waals surface area contributed by atoms with Crippen molar-refractivity contribution in [1.29, 1.82) is 0 Å². The molecule has 1 N–H and O–H groups in total. The zero-order chi connectivity index (χ0) is 12.5. The molecule has 0 spiro atoms. The monoisotopic (exact) mass is 272 g/mol. The maximum atomic E-state index is 11.9. The first-order chi connectivity index (χ1) is 8.00. The number of nitrogens with zero attached hydrogens (tertiary/aromatic N) is 2. The Hall–Kier alpha value is -1.54. The number of carbonyl (C=O) groups is 1. The quantitative estimate of drug-likeness (QED) is 0.889. The maximum Gasteiger partial charge on any atom is 0.304 e. The van der Waals surface area contributed by atoms with Crippen LogP contribution in [0.3, 0.4) is 0 Å². The zero-order valence-electron chi connectivity index (χ0n) is 8.53. The Morgan fingerprint density at radius 2 is 2.12 bits per heavy atom. The van der Waals surface area contributed by atoms with Crippen LogP contribution >= 0.6 is 11.7 Å². The number of sulfone groups is 1. The van der Waals surface area contributed by atoms with Gasteiger partial charge in [0.15, 0.2) is 9.84 Å². The van der Waals surface area contributed by atoms with E-state index >= 15 is 0 Å². The van der Waals surface area contributed by atoms with E-state index in [0.717, 1.165) is 11.7 Å². The molecule has 0 unspecified atom stereocenters. The Labute approximate surface area is 101 Å². The minimum atomic E-state index is -3.63. The molecule has 0 amide bonds. The summed E-state index contributed by atoms with van der Waals surface area (Å²) in [4.78, 5) is 10.4. The van der Waals surface area contributed by atoms with E-state index in [2.05, 4.69) is 8.75 Å². The molecule has 0 aliphatic rings. The smallest absolute Gasteiger partial charge is 0.304 e. The standard InChI is InChI=1S/C9H8N2O4S2/c12-8(13)4-5-17(14,15)7-3-1-2-6-9(7)11-16-10-6/h1-3H,4-5H2,(H,12,13). The molecule has 0 saturated carbocycles. The molecule has 1 aromatic heterocycles. The number of carboxylic acids is 1. The van der Waals surface area contributed by atoms with E-state index in [4.69, 9.17) is 5.11 Å². The molecule has 90 valence electrons. The molecule has 2 aromatic rings. The van der Waals surface area contributed by atoms with Gasteiger partial charge in [-0.05, 0) is 12.1 Å². The molecule has 0 aliphatic heterocycles. The van der Waals surface area contributed by atoms with Gasteiger partial charge in [-0.2, -0.15) is 8.75 Å². The normalized spacial score (nSPS) is 11.8. The first kappa shape index (κ1) is 11.9. The van der Waals surface area contributed by atoms with Gasteiger partial charge in [0.25, 0.3) is 0 Å². The van der Waals surface area contributed by atoms with Crippen molar-refractivity contribution in [3.05, 3.63) is 18.2 Å². The summed E-state index contributed by atoms with van der Waals surface area (Å²) in [7, 11) is -3.63. The summed E-state index contributed by atoms with van der Waals surface area (Å²) < 4.78 is 31.7. The summed E-state index contributed by atoms with van der Waals surface area (Å²) in [5.74, 6) is -1.57. The Bertz CT molecular complexity index is 662. The van der Waals surface area contributed by atoms with Crippen molar-refractivity contribution in [3.8, 4) is 0 Å². The second kappa shape index (κ2) is 4.38. The van der Waals surface area contributed by atoms with Crippen LogP contribution in [0.2, 0.25) is 0 Å². The van der Waals surface area contributed by atoms with Crippen molar-refractivity contribution >= 4 is 38.6 Å². The number of carboxylic acid groups (broad SMARTS) is 1. The molecule has 0 saturated heterocycles. The number of hydrogen-bond acceptors (Lipinski definition) is 6. The number of aliphatic carboxylic acids is 1. The lowest BCUT2D eigenvalue weighted by atomic mass is 10.3. The van der Waals surface area contributed by atoms with Gasteiger partial charge < -0.3 is 5.11 Å². The average Bonchev–Trinajstić information content (AvgIpc) is 2.74. The number of hydrogen-bond donors (Lipinski definition) is 1. The zero-order valence-corrected chi connectivity index (χ0v) is 10.2. The Kier molecular flexibility index (Phi) is 3.07. The van der Waals surface area contributed by atoms with E-state index in [-0.39, 0.29) is 4.90 Å². The van der Waals surface area contributed by atoms with Crippen LogP contribution in [0.4, 0.5) is 0 Å². The van der Waals surface area contributed by atoms with Crippen LogP contribution in [0.25, 0.3) is 11.0 Å². The highest BCUT2D eigenvalue weighted by Gasteiger charge is 2.20. The van der Waals surface area contributed by atoms with Gasteiger partial charge in [-0.3, -0.25) is 4.79 Å². The lowest BCUT2D eigenvalue weighted by Crippen LogP contribution is -2.11. The highest BCUT2D eigenvalue weighted by atomic mass is 32.2. The molecular formula is C9H8N2O4S2. The third-order valence-corrected chi connectivity index (χ3v) is 4.45. The van der Waals surface area contributed by atoms with Crippen LogP contribution in [0, 0.1) is 0 Å². The third kappa shape index (κ3) is 2.42. The number of aromatic nitrogens is 2. The first-order valence-electron chi connectivity index (χ1n) is 4.66. The van der Waals surface area contributed by atoms with E-state index < -0.39 is 28.0 Å². The second-order valence-corrected chi connectivity index (χ2v) is 5.96. The third-order valence-electron chi connectivity index (χ3n) is 2.17. The van der Waals surface area contributed by atoms with Crippen LogP contribution in [-0.4, -0.2) is 34.0 Å². The molecule has 0 bridgehead atoms. The van der Waals surface area contributed by atoms with Crippen LogP contribution in [0.1, 0.15) is 6.42 Å². The number of rotatable bonds is 4. The summed E-state index contributed by atoms with van der Waals surface area (Å²) in [6.07, 6.45) is -0.420. The summed E-state index contributed by atoms with van der Waals surface area (Å²) in [6.45, 7) is 0. The fourth-order valence-corrected chi connectivity index (χ4v) is 3.37. The van der Waals surface area contributed by atoms with Gasteiger partial charge in [-0.25, -0.2) is 8.42 Å². The van der Waals surface area contributed by atoms with Crippen molar-refractivity contribution in [2.45, 2.75) is 11.3 Å². The van der Waals surface area contributed by atoms with E-state index in [0.29, 0.717) is 11.0 Å². The van der Waals surface area contributed by atoms with Gasteiger partial charge in [-0.15, -0.1) is 0 Å². The Balaban J connectivity index is 2.45.